The van der Waals surface area contributed by atoms with E-state index >= 15 is 0 Å². The van der Waals surface area contributed by atoms with Crippen molar-refractivity contribution < 1.29 is 10.3 Å². The van der Waals surface area contributed by atoms with E-state index in [9.17, 15) is 5.11 Å². The van der Waals surface area contributed by atoms with E-state index in [1.807, 2.05) is 41.3 Å². The second-order valence-electron chi connectivity index (χ2n) is 6.61. The molecule has 1 aromatic heterocycles. The number of hydrogen-bond donors (Lipinski definition) is 2. The van der Waals surface area contributed by atoms with Crippen molar-refractivity contribution in [2.24, 2.45) is 5.16 Å². The molecule has 0 saturated heterocycles. The number of aromatic nitrogens is 2. The van der Waals surface area contributed by atoms with E-state index in [-0.39, 0.29) is 18.7 Å². The van der Waals surface area contributed by atoms with Gasteiger partial charge in [0.2, 0.25) is 0 Å². The Morgan fingerprint density at radius 2 is 2.00 bits per heavy atom. The molecule has 1 aromatic carbocycles. The van der Waals surface area contributed by atoms with Crippen molar-refractivity contribution in [2.45, 2.75) is 51.2 Å². The van der Waals surface area contributed by atoms with Crippen LogP contribution in [0.5, 0.6) is 0 Å². The molecule has 1 aliphatic carbocycles. The van der Waals surface area contributed by atoms with Crippen molar-refractivity contribution in [3.8, 4) is 0 Å². The third-order valence-electron chi connectivity index (χ3n) is 5.07. The minimum Gasteiger partial charge on any atom is -0.411 e. The summed E-state index contributed by atoms with van der Waals surface area (Å²) in [5.41, 5.74) is 2.86. The number of hydrogen-bond acceptors (Lipinski definition) is 5. The normalized spacial score (nSPS) is 18.6. The van der Waals surface area contributed by atoms with Crippen LogP contribution in [-0.4, -0.2) is 38.5 Å². The minimum absolute atomic E-state index is 0.00359. The van der Waals surface area contributed by atoms with Crippen LogP contribution in [0.4, 0.5) is 5.69 Å². The molecule has 2 aromatic rings. The van der Waals surface area contributed by atoms with Gasteiger partial charge in [-0.25, -0.2) is 0 Å². The lowest BCUT2D eigenvalue weighted by Gasteiger charge is -2.40. The summed E-state index contributed by atoms with van der Waals surface area (Å²) < 4.78 is 1.89. The Labute approximate surface area is 158 Å². The first-order valence-corrected chi connectivity index (χ1v) is 9.41. The van der Waals surface area contributed by atoms with E-state index in [2.05, 4.69) is 22.1 Å². The molecule has 1 aliphatic rings. The average Bonchev–Trinajstić information content (AvgIpc) is 3.16. The molecule has 0 amide bonds. The quantitative estimate of drug-likeness (QED) is 0.592. The predicted octanol–water partition coefficient (Wildman–Crippen LogP) is 3.87. The van der Waals surface area contributed by atoms with Gasteiger partial charge in [-0.1, -0.05) is 28.9 Å². The molecule has 140 valence electrons. The zero-order valence-electron chi connectivity index (χ0n) is 14.9. The van der Waals surface area contributed by atoms with E-state index in [1.54, 1.807) is 0 Å². The number of oxime groups is 1. The van der Waals surface area contributed by atoms with E-state index in [0.717, 1.165) is 49.2 Å². The number of aliphatic hydroxyl groups is 1. The lowest BCUT2D eigenvalue weighted by atomic mass is 9.90. The Hall–Kier alpha value is -2.05. The first kappa shape index (κ1) is 18.7. The SMILES string of the molecule is CCn1cc(N(C2CCC(=NO)CC2)C(CO)c2ccc(Cl)cc2)cn1. The van der Waals surface area contributed by atoms with Gasteiger partial charge in [0.05, 0.1) is 30.2 Å². The number of anilines is 1. The molecule has 2 N–H and O–H groups in total. The molecule has 0 radical (unpaired) electrons. The van der Waals surface area contributed by atoms with Crippen LogP contribution in [0, 0.1) is 0 Å². The lowest BCUT2D eigenvalue weighted by Crippen LogP contribution is -2.42. The standard InChI is InChI=1S/C19H25ClN4O2/c1-2-23-12-18(11-21-23)24(17-9-7-16(22-26)8-10-17)19(13-25)14-3-5-15(20)6-4-14/h3-6,11-12,17,19,25-26H,2,7-10,13H2,1H3. The van der Waals surface area contributed by atoms with E-state index in [0.29, 0.717) is 5.02 Å². The summed E-state index contributed by atoms with van der Waals surface area (Å²) in [6.07, 6.45) is 7.16. The molecule has 3 rings (SSSR count). The zero-order valence-corrected chi connectivity index (χ0v) is 15.7. The number of halogens is 1. The maximum absolute atomic E-state index is 10.2. The fraction of sp³-hybridized carbons (Fsp3) is 0.474. The second-order valence-corrected chi connectivity index (χ2v) is 7.05. The highest BCUT2D eigenvalue weighted by atomic mass is 35.5. The van der Waals surface area contributed by atoms with Crippen LogP contribution in [0.2, 0.25) is 5.02 Å². The largest absolute Gasteiger partial charge is 0.411 e. The van der Waals surface area contributed by atoms with Crippen molar-refractivity contribution >= 4 is 23.0 Å². The van der Waals surface area contributed by atoms with E-state index in [4.69, 9.17) is 16.8 Å². The summed E-state index contributed by atoms with van der Waals surface area (Å²) in [6, 6.07) is 7.69. The van der Waals surface area contributed by atoms with Crippen molar-refractivity contribution in [3.05, 3.63) is 47.2 Å². The molecule has 1 atom stereocenters. The Kier molecular flexibility index (Phi) is 6.16. The van der Waals surface area contributed by atoms with Crippen LogP contribution in [0.15, 0.2) is 41.8 Å². The van der Waals surface area contributed by atoms with Gasteiger partial charge in [0, 0.05) is 23.8 Å². The molecule has 0 aliphatic heterocycles. The fourth-order valence-corrected chi connectivity index (χ4v) is 3.78. The van der Waals surface area contributed by atoms with Gasteiger partial charge in [0.25, 0.3) is 0 Å². The fourth-order valence-electron chi connectivity index (χ4n) is 3.66. The van der Waals surface area contributed by atoms with Gasteiger partial charge in [-0.3, -0.25) is 4.68 Å². The van der Waals surface area contributed by atoms with Crippen LogP contribution in [0.1, 0.15) is 44.2 Å². The third kappa shape index (κ3) is 4.02. The first-order chi connectivity index (χ1) is 12.7. The van der Waals surface area contributed by atoms with Crippen LogP contribution in [0.3, 0.4) is 0 Å². The van der Waals surface area contributed by atoms with Gasteiger partial charge in [-0.2, -0.15) is 5.10 Å². The van der Waals surface area contributed by atoms with Gasteiger partial charge in [-0.15, -0.1) is 0 Å². The first-order valence-electron chi connectivity index (χ1n) is 9.03. The van der Waals surface area contributed by atoms with Crippen LogP contribution < -0.4 is 4.90 Å². The number of rotatable bonds is 6. The van der Waals surface area contributed by atoms with Gasteiger partial charge in [0.1, 0.15) is 0 Å². The summed E-state index contributed by atoms with van der Waals surface area (Å²) in [5, 5.41) is 27.7. The summed E-state index contributed by atoms with van der Waals surface area (Å²) >= 11 is 6.03. The summed E-state index contributed by atoms with van der Waals surface area (Å²) in [7, 11) is 0. The molecule has 0 bridgehead atoms. The molecule has 1 saturated carbocycles. The van der Waals surface area contributed by atoms with Gasteiger partial charge < -0.3 is 15.2 Å². The Balaban J connectivity index is 1.94. The summed E-state index contributed by atoms with van der Waals surface area (Å²) in [5.74, 6) is 0. The van der Waals surface area contributed by atoms with Crippen molar-refractivity contribution in [1.29, 1.82) is 0 Å². The molecule has 1 fully saturated rings. The molecular weight excluding hydrogens is 352 g/mol. The molecule has 6 nitrogen and oxygen atoms in total. The molecule has 7 heteroatoms. The van der Waals surface area contributed by atoms with Crippen LogP contribution in [-0.2, 0) is 6.54 Å². The monoisotopic (exact) mass is 376 g/mol. The van der Waals surface area contributed by atoms with Gasteiger partial charge in [-0.05, 0) is 50.3 Å². The topological polar surface area (TPSA) is 73.9 Å². The Morgan fingerprint density at radius 3 is 2.54 bits per heavy atom. The molecule has 1 unspecified atom stereocenters. The minimum atomic E-state index is -0.181. The van der Waals surface area contributed by atoms with Crippen LogP contribution in [0.25, 0.3) is 0 Å². The average molecular weight is 377 g/mol. The van der Waals surface area contributed by atoms with Gasteiger partial charge >= 0.3 is 0 Å². The van der Waals surface area contributed by atoms with Crippen LogP contribution >= 0.6 is 11.6 Å². The van der Waals surface area contributed by atoms with E-state index < -0.39 is 0 Å². The van der Waals surface area contributed by atoms with Gasteiger partial charge in [0.15, 0.2) is 0 Å². The number of nitrogens with zero attached hydrogens (tertiary/aromatic N) is 4. The lowest BCUT2D eigenvalue weighted by molar-refractivity contribution is 0.249. The zero-order chi connectivity index (χ0) is 18.5. The third-order valence-corrected chi connectivity index (χ3v) is 5.32. The second kappa shape index (κ2) is 8.56. The highest BCUT2D eigenvalue weighted by Crippen LogP contribution is 2.34. The highest BCUT2D eigenvalue weighted by molar-refractivity contribution is 6.30. The summed E-state index contributed by atoms with van der Waals surface area (Å²) in [4.78, 5) is 2.26. The molecule has 0 spiro atoms. The highest BCUT2D eigenvalue weighted by Gasteiger charge is 2.31. The molecule has 26 heavy (non-hydrogen) atoms. The molecular formula is C19H25ClN4O2. The summed E-state index contributed by atoms with van der Waals surface area (Å²) in [6.45, 7) is 2.84. The maximum Gasteiger partial charge on any atom is 0.0777 e. The predicted molar refractivity (Wildman–Crippen MR) is 103 cm³/mol. The number of aryl methyl sites for hydroxylation is 1. The van der Waals surface area contributed by atoms with Crippen molar-refractivity contribution in [2.75, 3.05) is 11.5 Å². The molecule has 1 heterocycles. The van der Waals surface area contributed by atoms with E-state index in [1.165, 1.54) is 0 Å². The Morgan fingerprint density at radius 1 is 1.31 bits per heavy atom. The smallest absolute Gasteiger partial charge is 0.0777 e. The Bertz CT molecular complexity index is 734. The number of benzene rings is 1. The van der Waals surface area contributed by atoms with Crippen molar-refractivity contribution in [1.82, 2.24) is 9.78 Å². The maximum atomic E-state index is 10.2. The van der Waals surface area contributed by atoms with Crippen molar-refractivity contribution in [3.63, 3.8) is 0 Å². The number of aliphatic hydroxyl groups excluding tert-OH is 1.